The molecule has 28 heavy (non-hydrogen) atoms. The Labute approximate surface area is 168 Å². The molecular weight excluding hydrogens is 346 g/mol. The molecule has 0 radical (unpaired) electrons. The highest BCUT2D eigenvalue weighted by molar-refractivity contribution is 6.40. The molecule has 3 rings (SSSR count). The number of hydrogen-bond donors (Lipinski definition) is 1. The van der Waals surface area contributed by atoms with Gasteiger partial charge in [-0.2, -0.15) is 5.10 Å². The maximum absolute atomic E-state index is 13.2. The highest BCUT2D eigenvalue weighted by Crippen LogP contribution is 2.36. The van der Waals surface area contributed by atoms with Crippen molar-refractivity contribution in [1.82, 2.24) is 10.3 Å². The molecule has 0 saturated carbocycles. The highest BCUT2D eigenvalue weighted by atomic mass is 16.2. The highest BCUT2D eigenvalue weighted by Gasteiger charge is 2.39. The predicted molar refractivity (Wildman–Crippen MR) is 115 cm³/mol. The lowest BCUT2D eigenvalue weighted by molar-refractivity contribution is -0.116. The minimum Gasteiger partial charge on any atom is -0.342 e. The summed E-state index contributed by atoms with van der Waals surface area (Å²) in [6.07, 6.45) is 2.16. The van der Waals surface area contributed by atoms with Crippen molar-refractivity contribution in [3.05, 3.63) is 71.8 Å². The molecule has 0 saturated heterocycles. The second kappa shape index (κ2) is 8.59. The minimum absolute atomic E-state index is 0.0332. The molecule has 2 atom stereocenters. The Bertz CT molecular complexity index is 814. The average molecular weight is 378 g/mol. The van der Waals surface area contributed by atoms with E-state index >= 15 is 0 Å². The van der Waals surface area contributed by atoms with Crippen molar-refractivity contribution in [3.8, 4) is 0 Å². The number of rotatable bonds is 7. The summed E-state index contributed by atoms with van der Waals surface area (Å²) in [5.41, 5.74) is 2.45. The van der Waals surface area contributed by atoms with Gasteiger partial charge in [-0.05, 0) is 31.4 Å². The number of amides is 1. The van der Waals surface area contributed by atoms with E-state index in [2.05, 4.69) is 48.4 Å². The Morgan fingerprint density at radius 3 is 2.29 bits per heavy atom. The predicted octanol–water partition coefficient (Wildman–Crippen LogP) is 4.89. The van der Waals surface area contributed by atoms with E-state index in [9.17, 15) is 4.79 Å². The van der Waals surface area contributed by atoms with Crippen LogP contribution in [0, 0.1) is 5.92 Å². The fourth-order valence-electron chi connectivity index (χ4n) is 3.85. The smallest absolute Gasteiger partial charge is 0.268 e. The van der Waals surface area contributed by atoms with Crippen molar-refractivity contribution in [2.24, 2.45) is 11.0 Å². The molecule has 1 aliphatic heterocycles. The van der Waals surface area contributed by atoms with Gasteiger partial charge in [0.15, 0.2) is 0 Å². The van der Waals surface area contributed by atoms with Crippen molar-refractivity contribution in [2.45, 2.75) is 52.1 Å². The maximum Gasteiger partial charge on any atom is 0.268 e. The molecule has 0 bridgehead atoms. The Balaban J connectivity index is 1.83. The van der Waals surface area contributed by atoms with E-state index < -0.39 is 5.54 Å². The molecule has 2 aromatic rings. The van der Waals surface area contributed by atoms with Crippen LogP contribution in [-0.2, 0) is 10.3 Å². The van der Waals surface area contributed by atoms with Crippen LogP contribution in [0.4, 0.5) is 0 Å². The number of benzene rings is 2. The Morgan fingerprint density at radius 1 is 1.07 bits per heavy atom. The summed E-state index contributed by atoms with van der Waals surface area (Å²) in [6.45, 7) is 9.21. The van der Waals surface area contributed by atoms with Gasteiger partial charge >= 0.3 is 0 Å². The number of nitrogens with zero attached hydrogens (tertiary/aromatic N) is 2. The Hall–Kier alpha value is -2.62. The van der Waals surface area contributed by atoms with Gasteiger partial charge in [-0.3, -0.25) is 9.80 Å². The molecule has 4 heteroatoms. The molecule has 0 aromatic heterocycles. The van der Waals surface area contributed by atoms with E-state index in [-0.39, 0.29) is 17.9 Å². The van der Waals surface area contributed by atoms with Gasteiger partial charge in [0.2, 0.25) is 0 Å². The maximum atomic E-state index is 13.2. The number of carbonyl (C=O) groups is 1. The number of hydrogen-bond acceptors (Lipinski definition) is 3. The molecule has 1 amide bonds. The Kier molecular flexibility index (Phi) is 6.18. The van der Waals surface area contributed by atoms with Gasteiger partial charge in [-0.25, -0.2) is 0 Å². The van der Waals surface area contributed by atoms with E-state index in [1.165, 1.54) is 5.56 Å². The average Bonchev–Trinajstić information content (AvgIpc) is 3.03. The van der Waals surface area contributed by atoms with Crippen LogP contribution in [0.1, 0.15) is 57.7 Å². The van der Waals surface area contributed by atoms with E-state index in [4.69, 9.17) is 5.10 Å². The van der Waals surface area contributed by atoms with Crippen molar-refractivity contribution < 1.29 is 4.79 Å². The minimum atomic E-state index is -0.459. The topological polar surface area (TPSA) is 44.7 Å². The molecule has 1 aliphatic rings. The third kappa shape index (κ3) is 4.27. The summed E-state index contributed by atoms with van der Waals surface area (Å²) in [4.78, 5) is 13.2. The molecule has 1 heterocycles. The quantitative estimate of drug-likeness (QED) is 0.747. The zero-order valence-corrected chi connectivity index (χ0v) is 17.4. The van der Waals surface area contributed by atoms with Gasteiger partial charge in [-0.1, -0.05) is 80.9 Å². The largest absolute Gasteiger partial charge is 0.342 e. The molecule has 0 unspecified atom stereocenters. The summed E-state index contributed by atoms with van der Waals surface area (Å²) < 4.78 is 0. The number of carbonyl (C=O) groups excluding carboxylic acids is 1. The van der Waals surface area contributed by atoms with E-state index in [0.29, 0.717) is 5.71 Å². The SMILES string of the molecule is CCCCN1N=C(C(=O)NC(C)(C)c2ccccc2)[C@H](C)[C@H]1c1ccccc1. The summed E-state index contributed by atoms with van der Waals surface area (Å²) >= 11 is 0. The summed E-state index contributed by atoms with van der Waals surface area (Å²) in [5.74, 6) is -0.0490. The van der Waals surface area contributed by atoms with Crippen molar-refractivity contribution in [2.75, 3.05) is 6.54 Å². The fourth-order valence-corrected chi connectivity index (χ4v) is 3.85. The first-order chi connectivity index (χ1) is 13.4. The molecule has 4 nitrogen and oxygen atoms in total. The van der Waals surface area contributed by atoms with Gasteiger partial charge in [0.25, 0.3) is 5.91 Å². The first-order valence-electron chi connectivity index (χ1n) is 10.2. The zero-order chi connectivity index (χ0) is 20.1. The Morgan fingerprint density at radius 2 is 1.68 bits per heavy atom. The van der Waals surface area contributed by atoms with Crippen LogP contribution in [0.15, 0.2) is 65.8 Å². The van der Waals surface area contributed by atoms with Crippen LogP contribution in [-0.4, -0.2) is 23.2 Å². The molecular formula is C24H31N3O. The second-order valence-corrected chi connectivity index (χ2v) is 8.09. The van der Waals surface area contributed by atoms with Crippen LogP contribution in [0.2, 0.25) is 0 Å². The molecule has 148 valence electrons. The lowest BCUT2D eigenvalue weighted by Gasteiger charge is -2.28. The second-order valence-electron chi connectivity index (χ2n) is 8.09. The van der Waals surface area contributed by atoms with E-state index in [0.717, 1.165) is 24.9 Å². The van der Waals surface area contributed by atoms with Crippen LogP contribution < -0.4 is 5.32 Å². The summed E-state index contributed by atoms with van der Waals surface area (Å²) in [7, 11) is 0. The fraction of sp³-hybridized carbons (Fsp3) is 0.417. The third-order valence-corrected chi connectivity index (χ3v) is 5.50. The lowest BCUT2D eigenvalue weighted by atomic mass is 9.89. The van der Waals surface area contributed by atoms with Crippen LogP contribution >= 0.6 is 0 Å². The standard InChI is InChI=1S/C24H31N3O/c1-5-6-17-27-22(19-13-9-7-10-14-19)18(2)21(26-27)23(28)25-24(3,4)20-15-11-8-12-16-20/h7-16,18,22H,5-6,17H2,1-4H3,(H,25,28)/t18-,22-/m0/s1. The summed E-state index contributed by atoms with van der Waals surface area (Å²) in [5, 5.41) is 10.1. The lowest BCUT2D eigenvalue weighted by Crippen LogP contribution is -2.45. The molecule has 1 N–H and O–H groups in total. The van der Waals surface area contributed by atoms with Crippen LogP contribution in [0.5, 0.6) is 0 Å². The zero-order valence-electron chi connectivity index (χ0n) is 17.4. The molecule has 0 fully saturated rings. The first-order valence-corrected chi connectivity index (χ1v) is 10.2. The third-order valence-electron chi connectivity index (χ3n) is 5.50. The van der Waals surface area contributed by atoms with Gasteiger partial charge in [0.05, 0.1) is 11.6 Å². The van der Waals surface area contributed by atoms with Gasteiger partial charge in [0.1, 0.15) is 5.71 Å². The normalized spacial score (nSPS) is 19.4. The number of unbranched alkanes of at least 4 members (excludes halogenated alkanes) is 1. The molecule has 0 aliphatic carbocycles. The van der Waals surface area contributed by atoms with Crippen molar-refractivity contribution in [1.29, 1.82) is 0 Å². The summed E-state index contributed by atoms with van der Waals surface area (Å²) in [6, 6.07) is 20.6. The van der Waals surface area contributed by atoms with Gasteiger partial charge in [0, 0.05) is 12.5 Å². The molecule has 0 spiro atoms. The van der Waals surface area contributed by atoms with E-state index in [1.807, 2.05) is 50.2 Å². The van der Waals surface area contributed by atoms with Crippen molar-refractivity contribution >= 4 is 11.6 Å². The number of hydrazone groups is 1. The number of nitrogens with one attached hydrogen (secondary N) is 1. The van der Waals surface area contributed by atoms with Gasteiger partial charge < -0.3 is 5.32 Å². The molecule has 2 aromatic carbocycles. The van der Waals surface area contributed by atoms with E-state index in [1.54, 1.807) is 0 Å². The van der Waals surface area contributed by atoms with Crippen LogP contribution in [0.25, 0.3) is 0 Å². The first kappa shape index (κ1) is 20.1. The van der Waals surface area contributed by atoms with Crippen molar-refractivity contribution in [3.63, 3.8) is 0 Å². The van der Waals surface area contributed by atoms with Crippen LogP contribution in [0.3, 0.4) is 0 Å². The monoisotopic (exact) mass is 377 g/mol. The van der Waals surface area contributed by atoms with Gasteiger partial charge in [-0.15, -0.1) is 0 Å².